The van der Waals surface area contributed by atoms with Gasteiger partial charge in [-0.05, 0) is 37.1 Å². The van der Waals surface area contributed by atoms with E-state index in [1.54, 1.807) is 24.3 Å². The summed E-state index contributed by atoms with van der Waals surface area (Å²) in [5.41, 5.74) is 0.592. The molecule has 1 atom stereocenters. The molecule has 94 valence electrons. The van der Waals surface area contributed by atoms with Crippen molar-refractivity contribution < 1.29 is 9.59 Å². The van der Waals surface area contributed by atoms with E-state index in [1.165, 1.54) is 4.90 Å². The summed E-state index contributed by atoms with van der Waals surface area (Å²) >= 11 is 5.80. The van der Waals surface area contributed by atoms with Gasteiger partial charge in [0.15, 0.2) is 0 Å². The fraction of sp³-hybridized carbons (Fsp3) is 0.385. The molecule has 1 aliphatic heterocycles. The predicted octanol–water partition coefficient (Wildman–Crippen LogP) is 1.72. The molecule has 1 aliphatic carbocycles. The van der Waals surface area contributed by atoms with Crippen LogP contribution in [0.4, 0.5) is 5.69 Å². The molecule has 1 saturated heterocycles. The Labute approximate surface area is 110 Å². The van der Waals surface area contributed by atoms with Gasteiger partial charge in [0.25, 0.3) is 5.91 Å². The number of carbonyl (C=O) groups excluding carboxylic acids is 2. The third kappa shape index (κ3) is 2.13. The van der Waals surface area contributed by atoms with Crippen molar-refractivity contribution in [3.63, 3.8) is 0 Å². The van der Waals surface area contributed by atoms with Crippen LogP contribution in [0.1, 0.15) is 19.3 Å². The number of carbonyl (C=O) groups is 2. The van der Waals surface area contributed by atoms with Crippen molar-refractivity contribution in [2.75, 3.05) is 4.90 Å². The highest BCUT2D eigenvalue weighted by atomic mass is 35.5. The highest BCUT2D eigenvalue weighted by Crippen LogP contribution is 2.27. The molecular weight excluding hydrogens is 252 g/mol. The molecule has 4 nitrogen and oxygen atoms in total. The monoisotopic (exact) mass is 264 g/mol. The Balaban J connectivity index is 1.80. The maximum atomic E-state index is 12.2. The van der Waals surface area contributed by atoms with Gasteiger partial charge in [0.2, 0.25) is 5.91 Å². The summed E-state index contributed by atoms with van der Waals surface area (Å²) in [6.07, 6.45) is 2.44. The zero-order valence-corrected chi connectivity index (χ0v) is 10.5. The number of benzene rings is 1. The number of hydrogen-bond donors (Lipinski definition) is 1. The normalized spacial score (nSPS) is 23.8. The molecule has 5 heteroatoms. The summed E-state index contributed by atoms with van der Waals surface area (Å²) in [4.78, 5) is 25.3. The summed E-state index contributed by atoms with van der Waals surface area (Å²) in [6.45, 7) is 0. The minimum atomic E-state index is -0.360. The molecule has 1 unspecified atom stereocenters. The fourth-order valence-electron chi connectivity index (χ4n) is 2.16. The van der Waals surface area contributed by atoms with E-state index in [1.807, 2.05) is 0 Å². The number of anilines is 1. The molecule has 0 bridgehead atoms. The Kier molecular flexibility index (Phi) is 2.84. The lowest BCUT2D eigenvalue weighted by Crippen LogP contribution is -2.39. The van der Waals surface area contributed by atoms with E-state index in [2.05, 4.69) is 5.32 Å². The molecule has 1 aromatic carbocycles. The van der Waals surface area contributed by atoms with E-state index in [9.17, 15) is 9.59 Å². The Bertz CT molecular complexity index is 496. The quantitative estimate of drug-likeness (QED) is 0.846. The van der Waals surface area contributed by atoms with E-state index < -0.39 is 0 Å². The number of halogens is 1. The number of nitrogens with zero attached hydrogens (tertiary/aromatic N) is 1. The van der Waals surface area contributed by atoms with Crippen LogP contribution in [0.2, 0.25) is 5.02 Å². The molecule has 3 rings (SSSR count). The van der Waals surface area contributed by atoms with E-state index in [4.69, 9.17) is 11.6 Å². The number of rotatable bonds is 3. The van der Waals surface area contributed by atoms with Crippen LogP contribution in [0, 0.1) is 0 Å². The van der Waals surface area contributed by atoms with E-state index in [-0.39, 0.29) is 24.3 Å². The predicted molar refractivity (Wildman–Crippen MR) is 68.5 cm³/mol. The van der Waals surface area contributed by atoms with Crippen molar-refractivity contribution in [1.82, 2.24) is 5.32 Å². The van der Waals surface area contributed by atoms with Gasteiger partial charge in [0.05, 0.1) is 18.2 Å². The van der Waals surface area contributed by atoms with Crippen molar-refractivity contribution >= 4 is 29.1 Å². The van der Waals surface area contributed by atoms with Crippen LogP contribution >= 0.6 is 11.6 Å². The molecule has 1 saturated carbocycles. The number of amides is 2. The maximum Gasteiger partial charge on any atom is 0.251 e. The van der Waals surface area contributed by atoms with Gasteiger partial charge in [-0.25, -0.2) is 4.90 Å². The van der Waals surface area contributed by atoms with Crippen molar-refractivity contribution in [3.8, 4) is 0 Å². The van der Waals surface area contributed by atoms with E-state index in [0.29, 0.717) is 16.8 Å². The molecule has 2 fully saturated rings. The standard InChI is InChI=1S/C13H13ClN2O2/c14-8-1-5-10(6-2-8)16-12(17)7-11(13(16)18)15-9-3-4-9/h1-2,5-6,9,11,15H,3-4,7H2. The molecule has 0 spiro atoms. The molecule has 1 N–H and O–H groups in total. The molecular formula is C13H13ClN2O2. The van der Waals surface area contributed by atoms with Gasteiger partial charge in [-0.2, -0.15) is 0 Å². The topological polar surface area (TPSA) is 49.4 Å². The Morgan fingerprint density at radius 1 is 1.17 bits per heavy atom. The minimum absolute atomic E-state index is 0.152. The lowest BCUT2D eigenvalue weighted by molar-refractivity contribution is -0.121. The fourth-order valence-corrected chi connectivity index (χ4v) is 2.28. The van der Waals surface area contributed by atoms with Crippen molar-refractivity contribution in [2.45, 2.75) is 31.3 Å². The van der Waals surface area contributed by atoms with Crippen molar-refractivity contribution in [3.05, 3.63) is 29.3 Å². The Hall–Kier alpha value is -1.39. The number of imide groups is 1. The largest absolute Gasteiger partial charge is 0.303 e. The minimum Gasteiger partial charge on any atom is -0.303 e. The second-order valence-corrected chi connectivity index (χ2v) is 5.18. The summed E-state index contributed by atoms with van der Waals surface area (Å²) in [7, 11) is 0. The second kappa shape index (κ2) is 4.37. The zero-order chi connectivity index (χ0) is 12.7. The Morgan fingerprint density at radius 2 is 1.83 bits per heavy atom. The van der Waals surface area contributed by atoms with Crippen molar-refractivity contribution in [1.29, 1.82) is 0 Å². The third-order valence-electron chi connectivity index (χ3n) is 3.25. The van der Waals surface area contributed by atoms with Crippen LogP contribution in [-0.4, -0.2) is 23.9 Å². The summed E-state index contributed by atoms with van der Waals surface area (Å²) in [5, 5.41) is 3.79. The summed E-state index contributed by atoms with van der Waals surface area (Å²) < 4.78 is 0. The van der Waals surface area contributed by atoms with Crippen LogP contribution in [0.5, 0.6) is 0 Å². The van der Waals surface area contributed by atoms with Crippen LogP contribution in [0.15, 0.2) is 24.3 Å². The molecule has 0 radical (unpaired) electrons. The molecule has 1 aromatic rings. The lowest BCUT2D eigenvalue weighted by atomic mass is 10.2. The Morgan fingerprint density at radius 3 is 2.44 bits per heavy atom. The van der Waals surface area contributed by atoms with Crippen LogP contribution < -0.4 is 10.2 Å². The number of hydrogen-bond acceptors (Lipinski definition) is 3. The average Bonchev–Trinajstić information content (AvgIpc) is 3.10. The average molecular weight is 265 g/mol. The van der Waals surface area contributed by atoms with Crippen LogP contribution in [0.3, 0.4) is 0 Å². The van der Waals surface area contributed by atoms with Gasteiger partial charge < -0.3 is 5.32 Å². The maximum absolute atomic E-state index is 12.2. The molecule has 1 heterocycles. The highest BCUT2D eigenvalue weighted by molar-refractivity contribution is 6.30. The molecule has 0 aromatic heterocycles. The van der Waals surface area contributed by atoms with E-state index in [0.717, 1.165) is 12.8 Å². The first-order chi connectivity index (χ1) is 8.65. The van der Waals surface area contributed by atoms with Gasteiger partial charge in [0.1, 0.15) is 0 Å². The summed E-state index contributed by atoms with van der Waals surface area (Å²) in [6, 6.07) is 6.80. The van der Waals surface area contributed by atoms with Crippen LogP contribution in [-0.2, 0) is 9.59 Å². The van der Waals surface area contributed by atoms with Gasteiger partial charge >= 0.3 is 0 Å². The van der Waals surface area contributed by atoms with Gasteiger partial charge in [0, 0.05) is 11.1 Å². The first kappa shape index (κ1) is 11.7. The first-order valence-corrected chi connectivity index (χ1v) is 6.41. The SMILES string of the molecule is O=C1CC(NC2CC2)C(=O)N1c1ccc(Cl)cc1. The van der Waals surface area contributed by atoms with Gasteiger partial charge in [-0.3, -0.25) is 9.59 Å². The van der Waals surface area contributed by atoms with Crippen LogP contribution in [0.25, 0.3) is 0 Å². The molecule has 2 aliphatic rings. The first-order valence-electron chi connectivity index (χ1n) is 6.03. The smallest absolute Gasteiger partial charge is 0.251 e. The van der Waals surface area contributed by atoms with Crippen molar-refractivity contribution in [2.24, 2.45) is 0 Å². The lowest BCUT2D eigenvalue weighted by Gasteiger charge is -2.15. The van der Waals surface area contributed by atoms with Gasteiger partial charge in [-0.1, -0.05) is 11.6 Å². The second-order valence-electron chi connectivity index (χ2n) is 4.74. The molecule has 18 heavy (non-hydrogen) atoms. The number of nitrogens with one attached hydrogen (secondary N) is 1. The van der Waals surface area contributed by atoms with Gasteiger partial charge in [-0.15, -0.1) is 0 Å². The molecule has 2 amide bonds. The highest BCUT2D eigenvalue weighted by Gasteiger charge is 2.41. The third-order valence-corrected chi connectivity index (χ3v) is 3.50. The van der Waals surface area contributed by atoms with E-state index >= 15 is 0 Å². The zero-order valence-electron chi connectivity index (χ0n) is 9.73. The summed E-state index contributed by atoms with van der Waals surface area (Å²) in [5.74, 6) is -0.310.